The van der Waals surface area contributed by atoms with E-state index in [0.29, 0.717) is 12.1 Å². The van der Waals surface area contributed by atoms with Crippen molar-refractivity contribution in [1.82, 2.24) is 0 Å². The lowest BCUT2D eigenvalue weighted by Crippen LogP contribution is -2.67. The zero-order chi connectivity index (χ0) is 23.8. The summed E-state index contributed by atoms with van der Waals surface area (Å²) in [4.78, 5) is 11.2. The number of ether oxygens (including phenoxy) is 2. The molecule has 1 aromatic carbocycles. The predicted octanol–water partition coefficient (Wildman–Crippen LogP) is 5.75. The number of carbonyl (C=O) groups is 1. The van der Waals surface area contributed by atoms with Gasteiger partial charge in [-0.15, -0.1) is 0 Å². The van der Waals surface area contributed by atoms with Crippen LogP contribution in [0.2, 0.25) is 0 Å². The van der Waals surface area contributed by atoms with E-state index in [1.165, 1.54) is 6.92 Å². The van der Waals surface area contributed by atoms with Gasteiger partial charge in [0.05, 0.1) is 0 Å². The highest BCUT2D eigenvalue weighted by molar-refractivity contribution is 5.86. The molecule has 30 heavy (non-hydrogen) atoms. The van der Waals surface area contributed by atoms with Crippen LogP contribution in [0.15, 0.2) is 36.4 Å². The molecule has 0 saturated heterocycles. The van der Waals surface area contributed by atoms with E-state index in [-0.39, 0.29) is 11.1 Å². The van der Waals surface area contributed by atoms with Crippen LogP contribution in [-0.2, 0) is 16.1 Å². The quantitative estimate of drug-likeness (QED) is 0.282. The Balaban J connectivity index is 3.06. The number of rotatable bonds is 8. The van der Waals surface area contributed by atoms with E-state index in [1.807, 2.05) is 0 Å². The van der Waals surface area contributed by atoms with Gasteiger partial charge in [0, 0.05) is 5.57 Å². The van der Waals surface area contributed by atoms with Gasteiger partial charge in [-0.3, -0.25) is 0 Å². The molecule has 0 atom stereocenters. The SMILES string of the molecule is C=C(C)C(=O)OCc1ccc(OC(F)(F)C(F)(F)C(F)(F)C(F)(F)C(F)(F)F)cc1. The Morgan fingerprint density at radius 3 is 1.70 bits per heavy atom. The summed E-state index contributed by atoms with van der Waals surface area (Å²) in [5, 5.41) is 0. The van der Waals surface area contributed by atoms with Gasteiger partial charge in [-0.05, 0) is 24.6 Å². The van der Waals surface area contributed by atoms with Crippen molar-refractivity contribution in [3.63, 3.8) is 0 Å². The molecule has 0 aliphatic rings. The molecule has 0 fully saturated rings. The van der Waals surface area contributed by atoms with Crippen molar-refractivity contribution in [2.24, 2.45) is 0 Å². The third-order valence-electron chi connectivity index (χ3n) is 3.40. The largest absolute Gasteiger partial charge is 0.471 e. The summed E-state index contributed by atoms with van der Waals surface area (Å²) >= 11 is 0. The van der Waals surface area contributed by atoms with Crippen LogP contribution in [0.25, 0.3) is 0 Å². The van der Waals surface area contributed by atoms with E-state index >= 15 is 0 Å². The van der Waals surface area contributed by atoms with Crippen LogP contribution < -0.4 is 4.74 Å². The average molecular weight is 460 g/mol. The van der Waals surface area contributed by atoms with Crippen molar-refractivity contribution in [3.8, 4) is 5.75 Å². The van der Waals surface area contributed by atoms with Crippen LogP contribution in [-0.4, -0.2) is 36.0 Å². The van der Waals surface area contributed by atoms with Crippen molar-refractivity contribution in [2.75, 3.05) is 0 Å². The van der Waals surface area contributed by atoms with Gasteiger partial charge in [-0.1, -0.05) is 18.7 Å². The maximum Gasteiger partial charge on any atom is 0.471 e. The number of benzene rings is 1. The summed E-state index contributed by atoms with van der Waals surface area (Å²) in [5.74, 6) is -24.4. The van der Waals surface area contributed by atoms with E-state index in [2.05, 4.69) is 16.1 Å². The van der Waals surface area contributed by atoms with Crippen molar-refractivity contribution in [1.29, 1.82) is 0 Å². The number of hydrogen-bond donors (Lipinski definition) is 0. The first kappa shape index (κ1) is 25.5. The summed E-state index contributed by atoms with van der Waals surface area (Å²) in [6.45, 7) is 4.12. The summed E-state index contributed by atoms with van der Waals surface area (Å²) in [7, 11) is 0. The van der Waals surface area contributed by atoms with Gasteiger partial charge < -0.3 is 9.47 Å². The van der Waals surface area contributed by atoms with Crippen molar-refractivity contribution in [2.45, 2.75) is 43.6 Å². The summed E-state index contributed by atoms with van der Waals surface area (Å²) < 4.78 is 150. The summed E-state index contributed by atoms with van der Waals surface area (Å²) in [5.41, 5.74) is 0.0781. The summed E-state index contributed by atoms with van der Waals surface area (Å²) in [6, 6.07) is 2.65. The van der Waals surface area contributed by atoms with Crippen LogP contribution in [0.3, 0.4) is 0 Å². The fourth-order valence-electron chi connectivity index (χ4n) is 1.70. The van der Waals surface area contributed by atoms with Crippen LogP contribution in [0.1, 0.15) is 12.5 Å². The highest BCUT2D eigenvalue weighted by atomic mass is 19.4. The minimum atomic E-state index is -7.56. The maximum atomic E-state index is 13.5. The molecular weight excluding hydrogens is 449 g/mol. The minimum Gasteiger partial charge on any atom is -0.457 e. The lowest BCUT2D eigenvalue weighted by Gasteiger charge is -2.36. The third-order valence-corrected chi connectivity index (χ3v) is 3.40. The van der Waals surface area contributed by atoms with E-state index in [0.717, 1.165) is 12.1 Å². The normalized spacial score (nSPS) is 13.7. The number of carbonyl (C=O) groups excluding carboxylic acids is 1. The van der Waals surface area contributed by atoms with Crippen LogP contribution in [0.5, 0.6) is 5.75 Å². The molecule has 0 saturated carbocycles. The lowest BCUT2D eigenvalue weighted by molar-refractivity contribution is -0.445. The molecule has 1 aromatic rings. The first-order valence-corrected chi connectivity index (χ1v) is 7.46. The molecule has 0 radical (unpaired) electrons. The maximum absolute atomic E-state index is 13.5. The fraction of sp³-hybridized carbons (Fsp3) is 0.438. The average Bonchev–Trinajstić information content (AvgIpc) is 2.58. The zero-order valence-corrected chi connectivity index (χ0v) is 14.6. The number of hydrogen-bond acceptors (Lipinski definition) is 3. The fourth-order valence-corrected chi connectivity index (χ4v) is 1.70. The molecule has 0 aliphatic carbocycles. The van der Waals surface area contributed by atoms with E-state index in [9.17, 15) is 53.1 Å². The Bertz CT molecular complexity index is 783. The van der Waals surface area contributed by atoms with Gasteiger partial charge in [0.25, 0.3) is 0 Å². The molecule has 1 rings (SSSR count). The Labute approximate surface area is 161 Å². The lowest BCUT2D eigenvalue weighted by atomic mass is 10.0. The highest BCUT2D eigenvalue weighted by Gasteiger charge is 2.88. The molecule has 0 unspecified atom stereocenters. The van der Waals surface area contributed by atoms with E-state index < -0.39 is 48.4 Å². The van der Waals surface area contributed by atoms with Gasteiger partial charge in [-0.25, -0.2) is 4.79 Å². The van der Waals surface area contributed by atoms with Gasteiger partial charge in [0.1, 0.15) is 12.4 Å². The zero-order valence-electron chi connectivity index (χ0n) is 14.6. The van der Waals surface area contributed by atoms with Crippen molar-refractivity contribution < 1.29 is 62.6 Å². The predicted molar refractivity (Wildman–Crippen MR) is 77.5 cm³/mol. The van der Waals surface area contributed by atoms with Crippen molar-refractivity contribution >= 4 is 5.97 Å². The molecule has 0 amide bonds. The first-order valence-electron chi connectivity index (χ1n) is 7.46. The van der Waals surface area contributed by atoms with Crippen LogP contribution in [0, 0.1) is 0 Å². The monoisotopic (exact) mass is 460 g/mol. The Morgan fingerprint density at radius 2 is 1.30 bits per heavy atom. The van der Waals surface area contributed by atoms with E-state index in [4.69, 9.17) is 0 Å². The van der Waals surface area contributed by atoms with Gasteiger partial charge in [0.2, 0.25) is 0 Å². The molecule has 0 aliphatic heterocycles. The molecule has 0 spiro atoms. The van der Waals surface area contributed by atoms with Crippen LogP contribution in [0.4, 0.5) is 48.3 Å². The number of alkyl halides is 11. The Hall–Kier alpha value is -2.54. The molecule has 14 heteroatoms. The molecule has 170 valence electrons. The van der Waals surface area contributed by atoms with Gasteiger partial charge >= 0.3 is 36.0 Å². The molecule has 3 nitrogen and oxygen atoms in total. The third kappa shape index (κ3) is 4.61. The second-order valence-corrected chi connectivity index (χ2v) is 5.84. The standard InChI is InChI=1S/C16H11F11O3/c1-8(2)11(28)29-7-9-3-5-10(6-4-9)30-16(26,27)14(21,22)12(17,18)13(19,20)15(23,24)25/h3-6H,1,7H2,2H3. The van der Waals surface area contributed by atoms with E-state index in [1.54, 1.807) is 0 Å². The summed E-state index contributed by atoms with van der Waals surface area (Å²) in [6.07, 6.45) is -13.7. The van der Waals surface area contributed by atoms with Crippen molar-refractivity contribution in [3.05, 3.63) is 42.0 Å². The molecule has 0 bridgehead atoms. The Kier molecular flexibility index (Phi) is 6.75. The number of halogens is 11. The molecule has 0 N–H and O–H groups in total. The second kappa shape index (κ2) is 7.95. The van der Waals surface area contributed by atoms with Gasteiger partial charge in [-0.2, -0.15) is 48.3 Å². The van der Waals surface area contributed by atoms with Gasteiger partial charge in [0.15, 0.2) is 0 Å². The Morgan fingerprint density at radius 1 is 0.833 bits per heavy atom. The number of esters is 1. The molecular formula is C16H11F11O3. The smallest absolute Gasteiger partial charge is 0.457 e. The van der Waals surface area contributed by atoms with Crippen LogP contribution >= 0.6 is 0 Å². The molecule has 0 aromatic heterocycles. The first-order chi connectivity index (χ1) is 13.3. The topological polar surface area (TPSA) is 35.5 Å². The minimum absolute atomic E-state index is 0.00779. The highest BCUT2D eigenvalue weighted by Crippen LogP contribution is 2.57. The molecule has 0 heterocycles. The second-order valence-electron chi connectivity index (χ2n) is 5.84.